The van der Waals surface area contributed by atoms with Crippen LogP contribution in [0.15, 0.2) is 54.7 Å². The van der Waals surface area contributed by atoms with Crippen molar-refractivity contribution in [1.82, 2.24) is 4.98 Å². The van der Waals surface area contributed by atoms with Crippen LogP contribution in [0.4, 0.5) is 0 Å². The van der Waals surface area contributed by atoms with Crippen molar-refractivity contribution in [2.45, 2.75) is 6.92 Å². The minimum absolute atomic E-state index is 0.0603. The summed E-state index contributed by atoms with van der Waals surface area (Å²) in [6, 6.07) is 15.6. The van der Waals surface area contributed by atoms with Crippen molar-refractivity contribution in [2.24, 2.45) is 0 Å². The lowest BCUT2D eigenvalue weighted by atomic mass is 9.96. The predicted octanol–water partition coefficient (Wildman–Crippen LogP) is 3.91. The number of hydrogen-bond donors (Lipinski definition) is 1. The summed E-state index contributed by atoms with van der Waals surface area (Å²) in [6.45, 7) is 2.08. The van der Waals surface area contributed by atoms with Gasteiger partial charge in [0.25, 0.3) is 0 Å². The van der Waals surface area contributed by atoms with E-state index in [9.17, 15) is 4.79 Å². The maximum Gasteiger partial charge on any atom is 0.354 e. The molecule has 1 N–H and O–H groups in total. The van der Waals surface area contributed by atoms with E-state index in [-0.39, 0.29) is 5.69 Å². The zero-order valence-electron chi connectivity index (χ0n) is 11.0. The van der Waals surface area contributed by atoms with Gasteiger partial charge in [-0.15, -0.1) is 0 Å². The third-order valence-corrected chi connectivity index (χ3v) is 3.44. The van der Waals surface area contributed by atoms with E-state index in [0.29, 0.717) is 0 Å². The Labute approximate surface area is 116 Å². The van der Waals surface area contributed by atoms with Crippen LogP contribution in [0.25, 0.3) is 21.9 Å². The molecule has 0 spiro atoms. The lowest BCUT2D eigenvalue weighted by Gasteiger charge is -2.09. The summed E-state index contributed by atoms with van der Waals surface area (Å²) < 4.78 is 0. The highest BCUT2D eigenvalue weighted by atomic mass is 16.4. The first-order chi connectivity index (χ1) is 9.66. The maximum absolute atomic E-state index is 10.8. The Morgan fingerprint density at radius 1 is 1.00 bits per heavy atom. The number of fused-ring (bicyclic) bond motifs is 1. The number of pyridine rings is 1. The molecule has 0 saturated heterocycles. The first kappa shape index (κ1) is 12.4. The summed E-state index contributed by atoms with van der Waals surface area (Å²) in [5.74, 6) is -1.01. The second-order valence-corrected chi connectivity index (χ2v) is 4.71. The van der Waals surface area contributed by atoms with E-state index >= 15 is 0 Å². The van der Waals surface area contributed by atoms with E-state index in [2.05, 4.69) is 36.2 Å². The largest absolute Gasteiger partial charge is 0.477 e. The Morgan fingerprint density at radius 2 is 1.75 bits per heavy atom. The van der Waals surface area contributed by atoms with Gasteiger partial charge in [-0.05, 0) is 34.9 Å². The number of carbonyl (C=O) groups is 1. The summed E-state index contributed by atoms with van der Waals surface area (Å²) in [5, 5.41) is 11.2. The molecule has 3 nitrogen and oxygen atoms in total. The lowest BCUT2D eigenvalue weighted by Crippen LogP contribution is -1.99. The zero-order valence-corrected chi connectivity index (χ0v) is 11.0. The molecule has 98 valence electrons. The van der Waals surface area contributed by atoms with Crippen LogP contribution >= 0.6 is 0 Å². The van der Waals surface area contributed by atoms with Crippen molar-refractivity contribution < 1.29 is 9.90 Å². The Balaban J connectivity index is 2.19. The highest BCUT2D eigenvalue weighted by Gasteiger charge is 2.08. The number of rotatable bonds is 2. The van der Waals surface area contributed by atoms with Crippen molar-refractivity contribution in [1.29, 1.82) is 0 Å². The van der Waals surface area contributed by atoms with Crippen molar-refractivity contribution in [3.8, 4) is 11.1 Å². The van der Waals surface area contributed by atoms with Crippen LogP contribution in [-0.4, -0.2) is 16.1 Å². The second kappa shape index (κ2) is 4.78. The number of aromatic nitrogens is 1. The van der Waals surface area contributed by atoms with Gasteiger partial charge < -0.3 is 5.11 Å². The molecular formula is C17H13NO2. The fourth-order valence-corrected chi connectivity index (χ4v) is 2.38. The van der Waals surface area contributed by atoms with Gasteiger partial charge in [-0.25, -0.2) is 9.78 Å². The van der Waals surface area contributed by atoms with E-state index in [0.717, 1.165) is 16.5 Å². The molecule has 0 radical (unpaired) electrons. The van der Waals surface area contributed by atoms with E-state index in [1.807, 2.05) is 12.1 Å². The van der Waals surface area contributed by atoms with E-state index in [1.165, 1.54) is 17.0 Å². The molecule has 0 amide bonds. The molecule has 1 heterocycles. The number of aromatic carboxylic acids is 1. The van der Waals surface area contributed by atoms with Crippen molar-refractivity contribution in [3.63, 3.8) is 0 Å². The second-order valence-electron chi connectivity index (χ2n) is 4.71. The third kappa shape index (κ3) is 2.03. The standard InChI is InChI=1S/C17H13NO2/c1-11-6-8-14(15-5-3-2-4-13(11)15)12-7-9-16(17(19)20)18-10-12/h2-10H,1H3,(H,19,20). The quantitative estimate of drug-likeness (QED) is 0.762. The molecule has 3 aromatic rings. The molecule has 3 rings (SSSR count). The third-order valence-electron chi connectivity index (χ3n) is 3.44. The zero-order chi connectivity index (χ0) is 14.1. The van der Waals surface area contributed by atoms with E-state index in [4.69, 9.17) is 5.11 Å². The molecule has 0 bridgehead atoms. The van der Waals surface area contributed by atoms with Crippen LogP contribution in [0.5, 0.6) is 0 Å². The maximum atomic E-state index is 10.8. The van der Waals surface area contributed by atoms with Crippen molar-refractivity contribution in [2.75, 3.05) is 0 Å². The van der Waals surface area contributed by atoms with Gasteiger partial charge in [-0.1, -0.05) is 42.5 Å². The average molecular weight is 263 g/mol. The summed E-state index contributed by atoms with van der Waals surface area (Å²) in [5.41, 5.74) is 3.27. The number of benzene rings is 2. The normalized spacial score (nSPS) is 10.7. The Bertz CT molecular complexity index is 792. The van der Waals surface area contributed by atoms with Crippen molar-refractivity contribution in [3.05, 3.63) is 66.0 Å². The SMILES string of the molecule is Cc1ccc(-c2ccc(C(=O)O)nc2)c2ccccc12. The Hall–Kier alpha value is -2.68. The van der Waals surface area contributed by atoms with E-state index in [1.54, 1.807) is 12.3 Å². The first-order valence-corrected chi connectivity index (χ1v) is 6.35. The number of aryl methyl sites for hydroxylation is 1. The van der Waals surface area contributed by atoms with Crippen LogP contribution < -0.4 is 0 Å². The predicted molar refractivity (Wildman–Crippen MR) is 78.9 cm³/mol. The lowest BCUT2D eigenvalue weighted by molar-refractivity contribution is 0.0690. The molecule has 0 saturated carbocycles. The molecule has 0 atom stereocenters. The van der Waals surface area contributed by atoms with Crippen LogP contribution in [0.1, 0.15) is 16.1 Å². The van der Waals surface area contributed by atoms with Gasteiger partial charge in [-0.2, -0.15) is 0 Å². The van der Waals surface area contributed by atoms with Gasteiger partial charge in [0.2, 0.25) is 0 Å². The Morgan fingerprint density at radius 3 is 2.40 bits per heavy atom. The first-order valence-electron chi connectivity index (χ1n) is 6.35. The summed E-state index contributed by atoms with van der Waals surface area (Å²) in [7, 11) is 0. The number of carboxylic acid groups (broad SMARTS) is 1. The fraction of sp³-hybridized carbons (Fsp3) is 0.0588. The molecule has 0 unspecified atom stereocenters. The molecule has 3 heteroatoms. The molecular weight excluding hydrogens is 250 g/mol. The molecule has 0 aliphatic rings. The number of nitrogens with zero attached hydrogens (tertiary/aromatic N) is 1. The highest BCUT2D eigenvalue weighted by Crippen LogP contribution is 2.30. The number of carboxylic acids is 1. The molecule has 0 fully saturated rings. The van der Waals surface area contributed by atoms with Crippen LogP contribution in [0, 0.1) is 6.92 Å². The van der Waals surface area contributed by atoms with E-state index < -0.39 is 5.97 Å². The van der Waals surface area contributed by atoms with Gasteiger partial charge in [0.05, 0.1) is 0 Å². The van der Waals surface area contributed by atoms with Crippen LogP contribution in [0.2, 0.25) is 0 Å². The summed E-state index contributed by atoms with van der Waals surface area (Å²) in [4.78, 5) is 14.8. The van der Waals surface area contributed by atoms with Gasteiger partial charge in [0.1, 0.15) is 5.69 Å². The molecule has 0 aliphatic heterocycles. The summed E-state index contributed by atoms with van der Waals surface area (Å²) >= 11 is 0. The minimum Gasteiger partial charge on any atom is -0.477 e. The smallest absolute Gasteiger partial charge is 0.354 e. The van der Waals surface area contributed by atoms with Gasteiger partial charge in [0.15, 0.2) is 0 Å². The number of hydrogen-bond acceptors (Lipinski definition) is 2. The van der Waals surface area contributed by atoms with Crippen LogP contribution in [0.3, 0.4) is 0 Å². The minimum atomic E-state index is -1.01. The Kier molecular flexibility index (Phi) is 2.95. The monoisotopic (exact) mass is 263 g/mol. The van der Waals surface area contributed by atoms with Gasteiger partial charge >= 0.3 is 5.97 Å². The average Bonchev–Trinajstić information content (AvgIpc) is 2.48. The van der Waals surface area contributed by atoms with Gasteiger partial charge in [-0.3, -0.25) is 0 Å². The molecule has 1 aromatic heterocycles. The molecule has 2 aromatic carbocycles. The molecule has 20 heavy (non-hydrogen) atoms. The highest BCUT2D eigenvalue weighted by molar-refractivity contribution is 5.98. The topological polar surface area (TPSA) is 50.2 Å². The molecule has 0 aliphatic carbocycles. The summed E-state index contributed by atoms with van der Waals surface area (Å²) in [6.07, 6.45) is 1.61. The van der Waals surface area contributed by atoms with Crippen molar-refractivity contribution >= 4 is 16.7 Å². The van der Waals surface area contributed by atoms with Gasteiger partial charge in [0, 0.05) is 11.8 Å². The van der Waals surface area contributed by atoms with Crippen LogP contribution in [-0.2, 0) is 0 Å². The fourth-order valence-electron chi connectivity index (χ4n) is 2.38.